The molecular weight excluding hydrogens is 272 g/mol. The molecular formula is C16H13F2N3. The molecule has 1 unspecified atom stereocenters. The summed E-state index contributed by atoms with van der Waals surface area (Å²) in [6.07, 6.45) is 1.58. The van der Waals surface area contributed by atoms with Crippen molar-refractivity contribution in [2.75, 3.05) is 0 Å². The Labute approximate surface area is 120 Å². The van der Waals surface area contributed by atoms with Crippen LogP contribution in [-0.2, 0) is 6.42 Å². The molecule has 2 aromatic carbocycles. The molecule has 0 spiro atoms. The molecule has 3 aromatic rings. The third-order valence-corrected chi connectivity index (χ3v) is 3.33. The molecule has 0 fully saturated rings. The highest BCUT2D eigenvalue weighted by Gasteiger charge is 2.16. The minimum Gasteiger partial charge on any atom is -0.322 e. The van der Waals surface area contributed by atoms with Gasteiger partial charge in [0.25, 0.3) is 0 Å². The normalized spacial score (nSPS) is 12.5. The zero-order chi connectivity index (χ0) is 14.8. The molecule has 0 aliphatic rings. The Morgan fingerprint density at radius 1 is 0.952 bits per heavy atom. The van der Waals surface area contributed by atoms with Crippen molar-refractivity contribution in [3.05, 3.63) is 71.6 Å². The Morgan fingerprint density at radius 2 is 1.62 bits per heavy atom. The van der Waals surface area contributed by atoms with E-state index in [0.29, 0.717) is 11.2 Å². The highest BCUT2D eigenvalue weighted by molar-refractivity contribution is 5.73. The van der Waals surface area contributed by atoms with Crippen LogP contribution in [-0.4, -0.2) is 9.97 Å². The summed E-state index contributed by atoms with van der Waals surface area (Å²) in [6, 6.07) is 10.5. The minimum absolute atomic E-state index is 0.0278. The van der Waals surface area contributed by atoms with E-state index in [1.807, 2.05) is 24.3 Å². The summed E-state index contributed by atoms with van der Waals surface area (Å²) >= 11 is 0. The van der Waals surface area contributed by atoms with E-state index in [0.717, 1.165) is 5.52 Å². The van der Waals surface area contributed by atoms with Gasteiger partial charge >= 0.3 is 0 Å². The molecule has 2 N–H and O–H groups in total. The number of fused-ring (bicyclic) bond motifs is 1. The van der Waals surface area contributed by atoms with Crippen LogP contribution in [0.1, 0.15) is 17.3 Å². The number of hydrogen-bond donors (Lipinski definition) is 1. The zero-order valence-electron chi connectivity index (χ0n) is 11.1. The van der Waals surface area contributed by atoms with Crippen molar-refractivity contribution in [2.45, 2.75) is 12.5 Å². The number of nitrogens with zero attached hydrogens (tertiary/aromatic N) is 2. The van der Waals surface area contributed by atoms with Gasteiger partial charge in [0.05, 0.1) is 29.0 Å². The molecule has 1 atom stereocenters. The van der Waals surface area contributed by atoms with Gasteiger partial charge in [-0.2, -0.15) is 0 Å². The summed E-state index contributed by atoms with van der Waals surface area (Å²) in [7, 11) is 0. The van der Waals surface area contributed by atoms with E-state index in [2.05, 4.69) is 9.97 Å². The Bertz CT molecular complexity index is 769. The van der Waals surface area contributed by atoms with Crippen molar-refractivity contribution < 1.29 is 8.78 Å². The Hall–Kier alpha value is -2.40. The fraction of sp³-hybridized carbons (Fsp3) is 0.125. The Balaban J connectivity index is 1.91. The van der Waals surface area contributed by atoms with Gasteiger partial charge in [0.2, 0.25) is 0 Å². The van der Waals surface area contributed by atoms with E-state index in [-0.39, 0.29) is 12.0 Å². The topological polar surface area (TPSA) is 51.8 Å². The van der Waals surface area contributed by atoms with Gasteiger partial charge in [-0.3, -0.25) is 4.98 Å². The van der Waals surface area contributed by atoms with Crippen molar-refractivity contribution in [3.63, 3.8) is 0 Å². The second-order valence-electron chi connectivity index (χ2n) is 4.79. The van der Waals surface area contributed by atoms with Gasteiger partial charge in [0.1, 0.15) is 11.6 Å². The van der Waals surface area contributed by atoms with Gasteiger partial charge in [-0.15, -0.1) is 0 Å². The van der Waals surface area contributed by atoms with Gasteiger partial charge in [0.15, 0.2) is 0 Å². The molecule has 0 radical (unpaired) electrons. The van der Waals surface area contributed by atoms with Gasteiger partial charge in [-0.1, -0.05) is 18.2 Å². The van der Waals surface area contributed by atoms with Crippen LogP contribution in [0.2, 0.25) is 0 Å². The van der Waals surface area contributed by atoms with E-state index >= 15 is 0 Å². The number of rotatable bonds is 3. The predicted octanol–water partition coefficient (Wildman–Crippen LogP) is 3.15. The molecule has 106 valence electrons. The van der Waals surface area contributed by atoms with Gasteiger partial charge < -0.3 is 5.73 Å². The lowest BCUT2D eigenvalue weighted by atomic mass is 10.0. The molecule has 1 heterocycles. The van der Waals surface area contributed by atoms with Crippen LogP contribution < -0.4 is 5.73 Å². The second-order valence-corrected chi connectivity index (χ2v) is 4.79. The predicted molar refractivity (Wildman–Crippen MR) is 76.5 cm³/mol. The molecule has 0 bridgehead atoms. The van der Waals surface area contributed by atoms with Crippen molar-refractivity contribution in [1.82, 2.24) is 9.97 Å². The largest absolute Gasteiger partial charge is 0.322 e. The third kappa shape index (κ3) is 2.73. The maximum absolute atomic E-state index is 13.6. The van der Waals surface area contributed by atoms with Crippen LogP contribution in [0.25, 0.3) is 11.0 Å². The summed E-state index contributed by atoms with van der Waals surface area (Å²) in [5, 5.41) is 0. The first-order valence-corrected chi connectivity index (χ1v) is 6.55. The van der Waals surface area contributed by atoms with Gasteiger partial charge in [-0.25, -0.2) is 13.8 Å². The smallest absolute Gasteiger partial charge is 0.129 e. The number of halogens is 2. The fourth-order valence-corrected chi connectivity index (χ4v) is 2.20. The van der Waals surface area contributed by atoms with E-state index in [9.17, 15) is 8.78 Å². The van der Waals surface area contributed by atoms with Crippen molar-refractivity contribution in [2.24, 2.45) is 5.73 Å². The van der Waals surface area contributed by atoms with Crippen LogP contribution in [0.3, 0.4) is 0 Å². The summed E-state index contributed by atoms with van der Waals surface area (Å²) in [5.74, 6) is -1.20. The number of benzene rings is 2. The molecule has 3 nitrogen and oxygen atoms in total. The van der Waals surface area contributed by atoms with E-state index in [4.69, 9.17) is 5.73 Å². The lowest BCUT2D eigenvalue weighted by Crippen LogP contribution is -2.17. The second kappa shape index (κ2) is 5.54. The lowest BCUT2D eigenvalue weighted by molar-refractivity contribution is 0.537. The van der Waals surface area contributed by atoms with Crippen LogP contribution in [0.5, 0.6) is 0 Å². The van der Waals surface area contributed by atoms with Crippen molar-refractivity contribution in [3.8, 4) is 0 Å². The molecule has 0 aliphatic carbocycles. The third-order valence-electron chi connectivity index (χ3n) is 3.33. The highest BCUT2D eigenvalue weighted by Crippen LogP contribution is 2.20. The molecule has 21 heavy (non-hydrogen) atoms. The summed E-state index contributed by atoms with van der Waals surface area (Å²) in [5.41, 5.74) is 7.97. The average molecular weight is 285 g/mol. The fourth-order valence-electron chi connectivity index (χ4n) is 2.20. The van der Waals surface area contributed by atoms with Crippen LogP contribution in [0.4, 0.5) is 8.78 Å². The molecule has 3 rings (SSSR count). The summed E-state index contributed by atoms with van der Waals surface area (Å²) in [6.45, 7) is 0. The monoisotopic (exact) mass is 285 g/mol. The molecule has 0 aliphatic heterocycles. The zero-order valence-corrected chi connectivity index (χ0v) is 11.1. The molecule has 0 saturated heterocycles. The maximum Gasteiger partial charge on any atom is 0.129 e. The first-order valence-electron chi connectivity index (χ1n) is 6.55. The number of hydrogen-bond acceptors (Lipinski definition) is 3. The molecule has 0 saturated carbocycles. The van der Waals surface area contributed by atoms with Crippen LogP contribution >= 0.6 is 0 Å². The molecule has 5 heteroatoms. The van der Waals surface area contributed by atoms with Crippen molar-refractivity contribution >= 4 is 11.0 Å². The van der Waals surface area contributed by atoms with E-state index < -0.39 is 17.7 Å². The quantitative estimate of drug-likeness (QED) is 0.804. The van der Waals surface area contributed by atoms with Crippen LogP contribution in [0, 0.1) is 11.6 Å². The minimum atomic E-state index is -0.617. The van der Waals surface area contributed by atoms with E-state index in [1.54, 1.807) is 6.20 Å². The molecule has 0 amide bonds. The SMILES string of the molecule is NC(Cc1c(F)cccc1F)c1cnc2ccccc2n1. The summed E-state index contributed by atoms with van der Waals surface area (Å²) in [4.78, 5) is 8.66. The first-order chi connectivity index (χ1) is 10.1. The number of aromatic nitrogens is 2. The van der Waals surface area contributed by atoms with Gasteiger partial charge in [-0.05, 0) is 30.7 Å². The number of nitrogens with two attached hydrogens (primary N) is 1. The highest BCUT2D eigenvalue weighted by atomic mass is 19.1. The molecule has 1 aromatic heterocycles. The number of para-hydroxylation sites is 2. The van der Waals surface area contributed by atoms with E-state index in [1.165, 1.54) is 18.2 Å². The lowest BCUT2D eigenvalue weighted by Gasteiger charge is -2.12. The van der Waals surface area contributed by atoms with Crippen LogP contribution in [0.15, 0.2) is 48.7 Å². The Kier molecular flexibility index (Phi) is 3.58. The maximum atomic E-state index is 13.6. The Morgan fingerprint density at radius 3 is 2.33 bits per heavy atom. The van der Waals surface area contributed by atoms with Crippen molar-refractivity contribution in [1.29, 1.82) is 0 Å². The first kappa shape index (κ1) is 13.6. The average Bonchev–Trinajstić information content (AvgIpc) is 2.50. The standard InChI is InChI=1S/C16H13F2N3/c17-11-4-3-5-12(18)10(11)8-13(19)16-9-20-14-6-1-2-7-15(14)21-16/h1-7,9,13H,8,19H2. The van der Waals surface area contributed by atoms with Gasteiger partial charge in [0, 0.05) is 5.56 Å². The summed E-state index contributed by atoms with van der Waals surface area (Å²) < 4.78 is 27.3.